The van der Waals surface area contributed by atoms with E-state index in [0.29, 0.717) is 11.3 Å². The van der Waals surface area contributed by atoms with Gasteiger partial charge in [-0.1, -0.05) is 18.2 Å². The topological polar surface area (TPSA) is 99.9 Å². The van der Waals surface area contributed by atoms with Gasteiger partial charge in [0.2, 0.25) is 17.7 Å². The van der Waals surface area contributed by atoms with Crippen LogP contribution in [0, 0.1) is 0 Å². The zero-order valence-corrected chi connectivity index (χ0v) is 13.2. The van der Waals surface area contributed by atoms with Crippen molar-refractivity contribution in [3.63, 3.8) is 0 Å². The Morgan fingerprint density at radius 2 is 1.96 bits per heavy atom. The minimum absolute atomic E-state index is 0.0954. The van der Waals surface area contributed by atoms with Crippen molar-refractivity contribution in [2.24, 2.45) is 0 Å². The Balaban J connectivity index is 1.63. The molecule has 126 valence electrons. The van der Waals surface area contributed by atoms with E-state index in [-0.39, 0.29) is 37.7 Å². The van der Waals surface area contributed by atoms with Gasteiger partial charge in [-0.3, -0.25) is 19.3 Å². The lowest BCUT2D eigenvalue weighted by Crippen LogP contribution is -2.44. The lowest BCUT2D eigenvalue weighted by molar-refractivity contribution is -0.142. The van der Waals surface area contributed by atoms with Crippen molar-refractivity contribution in [3.8, 4) is 0 Å². The number of para-hydroxylation sites is 1. The molecule has 24 heavy (non-hydrogen) atoms. The molecule has 0 aliphatic carbocycles. The van der Waals surface area contributed by atoms with Gasteiger partial charge in [0.1, 0.15) is 23.5 Å². The number of amides is 3. The van der Waals surface area contributed by atoms with E-state index in [2.05, 4.69) is 5.32 Å². The fraction of sp³-hybridized carbons (Fsp3) is 0.353. The molecule has 0 radical (unpaired) electrons. The molecule has 2 N–H and O–H groups in total. The zero-order valence-electron chi connectivity index (χ0n) is 13.2. The van der Waals surface area contributed by atoms with Crippen molar-refractivity contribution < 1.29 is 23.9 Å². The number of likely N-dealkylation sites (tertiary alicyclic amines) is 1. The number of nitrogens with one attached hydrogen (secondary N) is 1. The van der Waals surface area contributed by atoms with Crippen LogP contribution < -0.4 is 5.32 Å². The van der Waals surface area contributed by atoms with Gasteiger partial charge < -0.3 is 14.8 Å². The van der Waals surface area contributed by atoms with Crippen LogP contribution in [0.4, 0.5) is 0 Å². The Bertz CT molecular complexity index is 759. The van der Waals surface area contributed by atoms with E-state index in [1.165, 1.54) is 6.92 Å². The fourth-order valence-electron chi connectivity index (χ4n) is 2.60. The highest BCUT2D eigenvalue weighted by molar-refractivity contribution is 6.04. The molecule has 3 amide bonds. The SMILES string of the molecule is CC(O)(CNC(=O)CN1C(=O)CCC1=O)c1cc2ccccc2o1. The van der Waals surface area contributed by atoms with Crippen LogP contribution in [0.25, 0.3) is 11.0 Å². The molecule has 0 spiro atoms. The van der Waals surface area contributed by atoms with Gasteiger partial charge in [-0.05, 0) is 19.1 Å². The highest BCUT2D eigenvalue weighted by atomic mass is 16.4. The van der Waals surface area contributed by atoms with Crippen LogP contribution in [-0.2, 0) is 20.0 Å². The predicted octanol–water partition coefficient (Wildman–Crippen LogP) is 0.905. The third kappa shape index (κ3) is 3.16. The third-order valence-corrected chi connectivity index (χ3v) is 4.04. The van der Waals surface area contributed by atoms with Crippen molar-refractivity contribution in [1.29, 1.82) is 0 Å². The van der Waals surface area contributed by atoms with Gasteiger partial charge in [-0.15, -0.1) is 0 Å². The molecule has 7 nitrogen and oxygen atoms in total. The number of aliphatic hydroxyl groups is 1. The molecule has 0 saturated carbocycles. The summed E-state index contributed by atoms with van der Waals surface area (Å²) in [4.78, 5) is 35.9. The van der Waals surface area contributed by atoms with Crippen LogP contribution >= 0.6 is 0 Å². The molecule has 0 bridgehead atoms. The average molecular weight is 330 g/mol. The first-order valence-electron chi connectivity index (χ1n) is 7.68. The number of furan rings is 1. The number of carbonyl (C=O) groups excluding carboxylic acids is 3. The molecule has 2 aromatic rings. The smallest absolute Gasteiger partial charge is 0.240 e. The molecule has 1 fully saturated rings. The minimum atomic E-state index is -1.41. The summed E-state index contributed by atoms with van der Waals surface area (Å²) in [6.07, 6.45) is 0.283. The summed E-state index contributed by atoms with van der Waals surface area (Å²) >= 11 is 0. The maximum Gasteiger partial charge on any atom is 0.240 e. The van der Waals surface area contributed by atoms with Crippen LogP contribution in [0.3, 0.4) is 0 Å². The summed E-state index contributed by atoms with van der Waals surface area (Å²) in [6, 6.07) is 9.06. The normalized spacial score (nSPS) is 17.3. The van der Waals surface area contributed by atoms with Crippen molar-refractivity contribution in [2.75, 3.05) is 13.1 Å². The van der Waals surface area contributed by atoms with Crippen molar-refractivity contribution in [2.45, 2.75) is 25.4 Å². The van der Waals surface area contributed by atoms with E-state index in [0.717, 1.165) is 10.3 Å². The van der Waals surface area contributed by atoms with Crippen LogP contribution in [0.1, 0.15) is 25.5 Å². The first-order chi connectivity index (χ1) is 11.4. The standard InChI is InChI=1S/C17H18N2O5/c1-17(23,13-8-11-4-2-3-5-12(11)24-13)10-18-14(20)9-19-15(21)6-7-16(19)22/h2-5,8,23H,6-7,9-10H2,1H3,(H,18,20). The molecule has 1 aromatic carbocycles. The number of fused-ring (bicyclic) bond motifs is 1. The van der Waals surface area contributed by atoms with Crippen molar-refractivity contribution >= 4 is 28.7 Å². The van der Waals surface area contributed by atoms with Crippen LogP contribution in [-0.4, -0.2) is 40.8 Å². The summed E-state index contributed by atoms with van der Waals surface area (Å²) in [5.41, 5.74) is -0.763. The molecular formula is C17H18N2O5. The summed E-state index contributed by atoms with van der Waals surface area (Å²) in [6.45, 7) is 1.10. The van der Waals surface area contributed by atoms with E-state index >= 15 is 0 Å². The van der Waals surface area contributed by atoms with Crippen LogP contribution in [0.2, 0.25) is 0 Å². The molecule has 7 heteroatoms. The number of rotatable bonds is 5. The molecule has 1 saturated heterocycles. The minimum Gasteiger partial charge on any atom is -0.458 e. The lowest BCUT2D eigenvalue weighted by atomic mass is 10.0. The number of benzene rings is 1. The van der Waals surface area contributed by atoms with E-state index < -0.39 is 11.5 Å². The molecule has 3 rings (SSSR count). The van der Waals surface area contributed by atoms with E-state index in [1.807, 2.05) is 18.2 Å². The summed E-state index contributed by atoms with van der Waals surface area (Å²) in [5, 5.41) is 13.9. The Morgan fingerprint density at radius 3 is 2.62 bits per heavy atom. The molecule has 1 aliphatic rings. The van der Waals surface area contributed by atoms with Gasteiger partial charge in [0, 0.05) is 18.2 Å². The second-order valence-electron chi connectivity index (χ2n) is 6.07. The second-order valence-corrected chi connectivity index (χ2v) is 6.07. The summed E-state index contributed by atoms with van der Waals surface area (Å²) < 4.78 is 5.61. The highest BCUT2D eigenvalue weighted by Gasteiger charge is 2.32. The Labute approximate surface area is 138 Å². The van der Waals surface area contributed by atoms with E-state index in [9.17, 15) is 19.5 Å². The van der Waals surface area contributed by atoms with Crippen LogP contribution in [0.15, 0.2) is 34.7 Å². The lowest BCUT2D eigenvalue weighted by Gasteiger charge is -2.22. The van der Waals surface area contributed by atoms with Gasteiger partial charge in [0.05, 0.1) is 6.54 Å². The maximum atomic E-state index is 11.9. The maximum absolute atomic E-state index is 11.9. The Hall–Kier alpha value is -2.67. The fourth-order valence-corrected chi connectivity index (χ4v) is 2.60. The zero-order chi connectivity index (χ0) is 17.3. The van der Waals surface area contributed by atoms with Gasteiger partial charge in [0.25, 0.3) is 0 Å². The largest absolute Gasteiger partial charge is 0.458 e. The molecule has 1 aliphatic heterocycles. The number of hydrogen-bond donors (Lipinski definition) is 2. The van der Waals surface area contributed by atoms with Crippen LogP contribution in [0.5, 0.6) is 0 Å². The molecule has 1 atom stereocenters. The Kier molecular flexibility index (Phi) is 4.11. The number of carbonyl (C=O) groups is 3. The van der Waals surface area contributed by atoms with Crippen molar-refractivity contribution in [1.82, 2.24) is 10.2 Å². The van der Waals surface area contributed by atoms with E-state index in [4.69, 9.17) is 4.42 Å². The molecular weight excluding hydrogens is 312 g/mol. The predicted molar refractivity (Wildman–Crippen MR) is 84.7 cm³/mol. The van der Waals surface area contributed by atoms with Gasteiger partial charge in [-0.2, -0.15) is 0 Å². The molecule has 2 heterocycles. The monoisotopic (exact) mass is 330 g/mol. The number of nitrogens with zero attached hydrogens (tertiary/aromatic N) is 1. The average Bonchev–Trinajstić information content (AvgIpc) is 3.12. The van der Waals surface area contributed by atoms with Crippen molar-refractivity contribution in [3.05, 3.63) is 36.1 Å². The Morgan fingerprint density at radius 1 is 1.29 bits per heavy atom. The molecule has 1 aromatic heterocycles. The number of hydrogen-bond acceptors (Lipinski definition) is 5. The van der Waals surface area contributed by atoms with E-state index in [1.54, 1.807) is 12.1 Å². The number of imide groups is 1. The van der Waals surface area contributed by atoms with Gasteiger partial charge in [-0.25, -0.2) is 0 Å². The first-order valence-corrected chi connectivity index (χ1v) is 7.68. The highest BCUT2D eigenvalue weighted by Crippen LogP contribution is 2.27. The third-order valence-electron chi connectivity index (χ3n) is 4.04. The quantitative estimate of drug-likeness (QED) is 0.794. The summed E-state index contributed by atoms with van der Waals surface area (Å²) in [5.74, 6) is -0.870. The van der Waals surface area contributed by atoms with Gasteiger partial charge >= 0.3 is 0 Å². The van der Waals surface area contributed by atoms with Gasteiger partial charge in [0.15, 0.2) is 0 Å². The second kappa shape index (κ2) is 6.09. The summed E-state index contributed by atoms with van der Waals surface area (Å²) in [7, 11) is 0. The first kappa shape index (κ1) is 16.2. The molecule has 1 unspecified atom stereocenters.